The highest BCUT2D eigenvalue weighted by atomic mass is 16.3. The minimum atomic E-state index is -0.683. The molecule has 212 valence electrons. The van der Waals surface area contributed by atoms with Crippen molar-refractivity contribution in [3.05, 3.63) is 54.4 Å². The average Bonchev–Trinajstić information content (AvgIpc) is 3.38. The first-order valence-corrected chi connectivity index (χ1v) is 14.5. The lowest BCUT2D eigenvalue weighted by atomic mass is 9.85. The maximum atomic E-state index is 10.4. The molecule has 3 aromatic rings. The van der Waals surface area contributed by atoms with Crippen molar-refractivity contribution in [2.75, 3.05) is 35.2 Å². The number of phenolic OH excluding ortho intramolecular Hbond substituents is 1. The fourth-order valence-corrected chi connectivity index (χ4v) is 7.33. The third-order valence-corrected chi connectivity index (χ3v) is 9.40. The van der Waals surface area contributed by atoms with E-state index < -0.39 is 12.2 Å². The van der Waals surface area contributed by atoms with Crippen molar-refractivity contribution in [2.24, 2.45) is 11.8 Å². The van der Waals surface area contributed by atoms with Gasteiger partial charge >= 0.3 is 0 Å². The van der Waals surface area contributed by atoms with Crippen molar-refractivity contribution < 1.29 is 15.3 Å². The molecule has 7 atom stereocenters. The molecule has 41 heavy (non-hydrogen) atoms. The van der Waals surface area contributed by atoms with Crippen LogP contribution < -0.4 is 20.9 Å². The first kappa shape index (κ1) is 26.0. The molecule has 5 heterocycles. The number of piperazine rings is 1. The Kier molecular flexibility index (Phi) is 6.66. The van der Waals surface area contributed by atoms with Gasteiger partial charge in [0.05, 0.1) is 23.6 Å². The molecule has 4 fully saturated rings. The lowest BCUT2D eigenvalue weighted by Gasteiger charge is -2.43. The van der Waals surface area contributed by atoms with Crippen molar-refractivity contribution in [1.29, 1.82) is 0 Å². The van der Waals surface area contributed by atoms with E-state index in [0.29, 0.717) is 35.6 Å². The number of aliphatic hydroxyl groups is 2. The zero-order chi connectivity index (χ0) is 28.1. The van der Waals surface area contributed by atoms with Gasteiger partial charge in [-0.1, -0.05) is 18.1 Å². The topological polar surface area (TPSA) is 144 Å². The van der Waals surface area contributed by atoms with Crippen LogP contribution in [0, 0.1) is 23.7 Å². The smallest absolute Gasteiger partial charge is 0.169 e. The van der Waals surface area contributed by atoms with Crippen molar-refractivity contribution in [1.82, 2.24) is 20.5 Å². The van der Waals surface area contributed by atoms with Crippen LogP contribution in [0.25, 0.3) is 11.3 Å². The van der Waals surface area contributed by atoms with Gasteiger partial charge < -0.3 is 36.2 Å². The highest BCUT2D eigenvalue weighted by Crippen LogP contribution is 2.40. The number of anilines is 3. The Bertz CT molecular complexity index is 1490. The number of hydrogen-bond acceptors (Lipinski definition) is 10. The lowest BCUT2D eigenvalue weighted by Crippen LogP contribution is -2.54. The van der Waals surface area contributed by atoms with Gasteiger partial charge in [0.2, 0.25) is 0 Å². The lowest BCUT2D eigenvalue weighted by molar-refractivity contribution is 0.0108. The van der Waals surface area contributed by atoms with Gasteiger partial charge in [0.15, 0.2) is 5.82 Å². The fraction of sp³-hybridized carbons (Fsp3) is 0.452. The minimum Gasteiger partial charge on any atom is -0.507 e. The number of fused-ring (bicyclic) bond motifs is 4. The molecule has 1 saturated carbocycles. The number of aliphatic hydroxyl groups excluding tert-OH is 2. The van der Waals surface area contributed by atoms with Crippen LogP contribution in [-0.4, -0.2) is 80.5 Å². The number of benzene rings is 1. The Morgan fingerprint density at radius 3 is 2.63 bits per heavy atom. The summed E-state index contributed by atoms with van der Waals surface area (Å²) in [6.45, 7) is 2.38. The highest BCUT2D eigenvalue weighted by molar-refractivity contribution is 5.74. The van der Waals surface area contributed by atoms with Crippen LogP contribution in [0.2, 0.25) is 0 Å². The van der Waals surface area contributed by atoms with Crippen LogP contribution in [0.4, 0.5) is 17.2 Å². The molecule has 1 aliphatic carbocycles. The monoisotopic (exact) mass is 553 g/mol. The van der Waals surface area contributed by atoms with E-state index in [2.05, 4.69) is 54.3 Å². The number of aromatic hydroxyl groups is 1. The second-order valence-electron chi connectivity index (χ2n) is 11.8. The molecule has 0 spiro atoms. The number of hydrogen-bond donors (Lipinski definition) is 5. The largest absolute Gasteiger partial charge is 0.507 e. The first-order valence-electron chi connectivity index (χ1n) is 14.5. The van der Waals surface area contributed by atoms with E-state index in [-0.39, 0.29) is 23.6 Å². The normalized spacial score (nSPS) is 30.2. The molecule has 0 radical (unpaired) electrons. The molecule has 2 aromatic heterocycles. The van der Waals surface area contributed by atoms with Gasteiger partial charge in [-0.05, 0) is 73.9 Å². The van der Waals surface area contributed by atoms with E-state index in [1.54, 1.807) is 12.1 Å². The molecule has 4 bridgehead atoms. The number of phenols is 1. The first-order chi connectivity index (χ1) is 20.0. The maximum Gasteiger partial charge on any atom is 0.169 e. The van der Waals surface area contributed by atoms with Crippen LogP contribution in [0.15, 0.2) is 48.7 Å². The number of nitrogens with zero attached hydrogens (tertiary/aromatic N) is 5. The number of para-hydroxylation sites is 1. The van der Waals surface area contributed by atoms with Gasteiger partial charge in [-0.15, -0.1) is 10.2 Å². The molecular weight excluding hydrogens is 518 g/mol. The standard InChI is InChI=1S/C31H35N7O3/c32-31-27(14-25(35-36-31)23-6-1-2-7-28(23)39)37-16-21-8-9-22(17-37)38(21)20-10-11-33-19(12-20)5-3-4-18-15-34-26-13-24(18)29(40)30(26)41/h1-2,6-7,10-12,14,18,21-22,24,26,29-30,34,39-41H,4,8-9,13,15-17H2,(H2,32,36)/t18?,21?,22?,24-,26-,29?,30?/m0/s1. The Balaban J connectivity index is 1.06. The van der Waals surface area contributed by atoms with Crippen LogP contribution >= 0.6 is 0 Å². The molecule has 7 rings (SSSR count). The summed E-state index contributed by atoms with van der Waals surface area (Å²) in [6, 6.07) is 13.8. The Hall–Kier alpha value is -3.91. The van der Waals surface area contributed by atoms with Gasteiger partial charge in [0, 0.05) is 55.1 Å². The van der Waals surface area contributed by atoms with Gasteiger partial charge in [-0.3, -0.25) is 0 Å². The number of rotatable bonds is 4. The summed E-state index contributed by atoms with van der Waals surface area (Å²) < 4.78 is 0. The third-order valence-electron chi connectivity index (χ3n) is 9.40. The highest BCUT2D eigenvalue weighted by Gasteiger charge is 2.47. The Labute approximate surface area is 239 Å². The summed E-state index contributed by atoms with van der Waals surface area (Å²) >= 11 is 0. The summed E-state index contributed by atoms with van der Waals surface area (Å²) in [5, 5.41) is 42.7. The van der Waals surface area contributed by atoms with Crippen molar-refractivity contribution in [2.45, 2.75) is 56.0 Å². The number of pyridine rings is 1. The minimum absolute atomic E-state index is 0.000958. The van der Waals surface area contributed by atoms with E-state index in [4.69, 9.17) is 5.73 Å². The molecule has 1 aromatic carbocycles. The summed E-state index contributed by atoms with van der Waals surface area (Å²) in [4.78, 5) is 9.31. The quantitative estimate of drug-likeness (QED) is 0.303. The van der Waals surface area contributed by atoms with Crippen molar-refractivity contribution in [3.8, 4) is 28.8 Å². The predicted octanol–water partition coefficient (Wildman–Crippen LogP) is 1.76. The average molecular weight is 554 g/mol. The van der Waals surface area contributed by atoms with Crippen LogP contribution in [-0.2, 0) is 0 Å². The molecule has 3 aliphatic heterocycles. The second kappa shape index (κ2) is 10.5. The zero-order valence-corrected chi connectivity index (χ0v) is 22.8. The fourth-order valence-electron chi connectivity index (χ4n) is 7.33. The Morgan fingerprint density at radius 2 is 1.83 bits per heavy atom. The summed E-state index contributed by atoms with van der Waals surface area (Å²) in [5.41, 5.74) is 10.3. The predicted molar refractivity (Wildman–Crippen MR) is 156 cm³/mol. The van der Waals surface area contributed by atoms with E-state index >= 15 is 0 Å². The molecule has 0 amide bonds. The van der Waals surface area contributed by atoms with Gasteiger partial charge in [0.25, 0.3) is 0 Å². The molecular formula is C31H35N7O3. The zero-order valence-electron chi connectivity index (χ0n) is 22.8. The SMILES string of the molecule is Nc1nnc(-c2ccccc2O)cc1N1CC2CCC(C1)N2c1ccnc(C#CCC2CN[C@H]3C[C@@H]2C(O)C3O)c1. The summed E-state index contributed by atoms with van der Waals surface area (Å²) in [6.07, 6.45) is 4.10. The molecule has 10 heteroatoms. The van der Waals surface area contributed by atoms with Gasteiger partial charge in [0.1, 0.15) is 11.4 Å². The third kappa shape index (κ3) is 4.74. The molecule has 4 aliphatic rings. The van der Waals surface area contributed by atoms with Crippen LogP contribution in [0.3, 0.4) is 0 Å². The number of piperidine rings is 1. The van der Waals surface area contributed by atoms with E-state index in [9.17, 15) is 15.3 Å². The summed E-state index contributed by atoms with van der Waals surface area (Å²) in [5.74, 6) is 7.42. The molecule has 3 saturated heterocycles. The van der Waals surface area contributed by atoms with Crippen molar-refractivity contribution >= 4 is 17.2 Å². The van der Waals surface area contributed by atoms with Crippen molar-refractivity contribution in [3.63, 3.8) is 0 Å². The Morgan fingerprint density at radius 1 is 1.02 bits per heavy atom. The second-order valence-corrected chi connectivity index (χ2v) is 11.8. The maximum absolute atomic E-state index is 10.4. The molecule has 10 nitrogen and oxygen atoms in total. The van der Waals surface area contributed by atoms with Gasteiger partial charge in [-0.25, -0.2) is 4.98 Å². The van der Waals surface area contributed by atoms with Crippen LogP contribution in [0.1, 0.15) is 31.4 Å². The number of aromatic nitrogens is 3. The van der Waals surface area contributed by atoms with E-state index in [1.807, 2.05) is 24.4 Å². The van der Waals surface area contributed by atoms with Crippen LogP contribution in [0.5, 0.6) is 5.75 Å². The van der Waals surface area contributed by atoms with E-state index in [0.717, 1.165) is 56.0 Å². The number of nitrogens with one attached hydrogen (secondary N) is 1. The van der Waals surface area contributed by atoms with E-state index in [1.165, 1.54) is 0 Å². The number of nitrogen functional groups attached to an aromatic ring is 1. The molecule has 5 unspecified atom stereocenters. The molecule has 6 N–H and O–H groups in total. The number of nitrogens with two attached hydrogens (primary N) is 1. The summed E-state index contributed by atoms with van der Waals surface area (Å²) in [7, 11) is 0. The van der Waals surface area contributed by atoms with Gasteiger partial charge in [-0.2, -0.15) is 0 Å².